The average molecular weight is 224 g/mol. The summed E-state index contributed by atoms with van der Waals surface area (Å²) in [5, 5.41) is -0.244. The van der Waals surface area contributed by atoms with Crippen LogP contribution in [0.4, 0.5) is 13.2 Å². The second-order valence-electron chi connectivity index (χ2n) is 2.53. The van der Waals surface area contributed by atoms with Gasteiger partial charge in [0.25, 0.3) is 0 Å². The Bertz CT molecular complexity index is 351. The minimum absolute atomic E-state index is 0.170. The van der Waals surface area contributed by atoms with Gasteiger partial charge in [0.2, 0.25) is 0 Å². The Morgan fingerprint density at radius 3 is 2.64 bits per heavy atom. The van der Waals surface area contributed by atoms with Crippen molar-refractivity contribution in [1.29, 1.82) is 0 Å². The Balaban J connectivity index is 3.22. The van der Waals surface area contributed by atoms with Crippen LogP contribution >= 0.6 is 11.6 Å². The van der Waals surface area contributed by atoms with Gasteiger partial charge < -0.3 is 4.79 Å². The minimum Gasteiger partial charge on any atom is -0.303 e. The summed E-state index contributed by atoms with van der Waals surface area (Å²) in [7, 11) is 0. The van der Waals surface area contributed by atoms with E-state index in [0.717, 1.165) is 6.20 Å². The monoisotopic (exact) mass is 223 g/mol. The fourth-order valence-electron chi connectivity index (χ4n) is 0.975. The molecule has 0 saturated carbocycles. The highest BCUT2D eigenvalue weighted by molar-refractivity contribution is 6.29. The molecule has 0 radical (unpaired) electrons. The highest BCUT2D eigenvalue weighted by atomic mass is 35.5. The van der Waals surface area contributed by atoms with Gasteiger partial charge in [0, 0.05) is 12.6 Å². The molecule has 0 spiro atoms. The summed E-state index contributed by atoms with van der Waals surface area (Å²) in [5.41, 5.74) is -1.08. The van der Waals surface area contributed by atoms with Gasteiger partial charge in [-0.3, -0.25) is 0 Å². The van der Waals surface area contributed by atoms with Crippen molar-refractivity contribution in [2.24, 2.45) is 0 Å². The first kappa shape index (κ1) is 11.0. The van der Waals surface area contributed by atoms with E-state index in [0.29, 0.717) is 12.4 Å². The van der Waals surface area contributed by atoms with Crippen LogP contribution in [0.5, 0.6) is 0 Å². The van der Waals surface area contributed by atoms with Crippen LogP contribution in [0, 0.1) is 0 Å². The maximum absolute atomic E-state index is 12.3. The Hall–Kier alpha value is -1.10. The lowest BCUT2D eigenvalue weighted by Gasteiger charge is -2.10. The van der Waals surface area contributed by atoms with Crippen LogP contribution in [0.2, 0.25) is 5.15 Å². The van der Waals surface area contributed by atoms with Crippen LogP contribution in [0.15, 0.2) is 12.3 Å². The number of carbonyl (C=O) groups is 1. The van der Waals surface area contributed by atoms with Gasteiger partial charge in [-0.15, -0.1) is 0 Å². The predicted molar refractivity (Wildman–Crippen MR) is 44.0 cm³/mol. The number of hydrogen-bond donors (Lipinski definition) is 0. The van der Waals surface area contributed by atoms with Crippen molar-refractivity contribution in [3.63, 3.8) is 0 Å². The van der Waals surface area contributed by atoms with E-state index in [1.165, 1.54) is 0 Å². The standard InChI is InChI=1S/C8H5ClF3NO/c9-7-3-6(8(10,11)12)5(1-2-14)4-13-7/h2-4H,1H2. The van der Waals surface area contributed by atoms with Crippen LogP contribution in [-0.2, 0) is 17.4 Å². The van der Waals surface area contributed by atoms with Crippen molar-refractivity contribution in [2.45, 2.75) is 12.6 Å². The van der Waals surface area contributed by atoms with Crippen molar-refractivity contribution in [3.8, 4) is 0 Å². The molecule has 0 unspecified atom stereocenters. The van der Waals surface area contributed by atoms with Gasteiger partial charge in [0.15, 0.2) is 0 Å². The van der Waals surface area contributed by atoms with E-state index in [1.54, 1.807) is 0 Å². The third-order valence-electron chi connectivity index (χ3n) is 1.56. The van der Waals surface area contributed by atoms with E-state index in [1.807, 2.05) is 0 Å². The van der Waals surface area contributed by atoms with Gasteiger partial charge in [-0.05, 0) is 11.6 Å². The van der Waals surface area contributed by atoms with E-state index < -0.39 is 11.7 Å². The number of hydrogen-bond acceptors (Lipinski definition) is 2. The van der Waals surface area contributed by atoms with Gasteiger partial charge in [0.1, 0.15) is 11.4 Å². The topological polar surface area (TPSA) is 30.0 Å². The molecule has 14 heavy (non-hydrogen) atoms. The van der Waals surface area contributed by atoms with E-state index >= 15 is 0 Å². The smallest absolute Gasteiger partial charge is 0.303 e. The zero-order valence-electron chi connectivity index (χ0n) is 6.81. The fraction of sp³-hybridized carbons (Fsp3) is 0.250. The Labute approximate surface area is 82.7 Å². The summed E-state index contributed by atoms with van der Waals surface area (Å²) in [5.74, 6) is 0. The van der Waals surface area contributed by atoms with Crippen LogP contribution in [0.3, 0.4) is 0 Å². The summed E-state index contributed by atoms with van der Waals surface area (Å²) < 4.78 is 37.0. The number of halogens is 4. The van der Waals surface area contributed by atoms with Crippen molar-refractivity contribution >= 4 is 17.9 Å². The maximum atomic E-state index is 12.3. The molecule has 0 aliphatic carbocycles. The number of aromatic nitrogens is 1. The van der Waals surface area contributed by atoms with Crippen LogP contribution in [0.1, 0.15) is 11.1 Å². The summed E-state index contributed by atoms with van der Waals surface area (Å²) >= 11 is 5.32. The summed E-state index contributed by atoms with van der Waals surface area (Å²) in [6.07, 6.45) is -3.48. The molecule has 76 valence electrons. The molecule has 1 rings (SSSR count). The van der Waals surface area contributed by atoms with E-state index in [4.69, 9.17) is 11.6 Å². The highest BCUT2D eigenvalue weighted by Gasteiger charge is 2.33. The third-order valence-corrected chi connectivity index (χ3v) is 1.77. The average Bonchev–Trinajstić information content (AvgIpc) is 2.07. The van der Waals surface area contributed by atoms with Crippen LogP contribution in [0.25, 0.3) is 0 Å². The van der Waals surface area contributed by atoms with Crippen LogP contribution in [-0.4, -0.2) is 11.3 Å². The molecule has 2 nitrogen and oxygen atoms in total. The molecule has 0 aliphatic rings. The molecule has 0 aromatic carbocycles. The van der Waals surface area contributed by atoms with Crippen molar-refractivity contribution in [3.05, 3.63) is 28.5 Å². The van der Waals surface area contributed by atoms with E-state index in [-0.39, 0.29) is 17.1 Å². The summed E-state index contributed by atoms with van der Waals surface area (Å²) in [4.78, 5) is 13.6. The molecule has 6 heteroatoms. The molecule has 0 aliphatic heterocycles. The van der Waals surface area contributed by atoms with Gasteiger partial charge in [-0.2, -0.15) is 13.2 Å². The van der Waals surface area contributed by atoms with Gasteiger partial charge in [-0.1, -0.05) is 11.6 Å². The van der Waals surface area contributed by atoms with Crippen LogP contribution < -0.4 is 0 Å². The van der Waals surface area contributed by atoms with Crippen molar-refractivity contribution < 1.29 is 18.0 Å². The molecule has 0 amide bonds. The van der Waals surface area contributed by atoms with Gasteiger partial charge >= 0.3 is 6.18 Å². The SMILES string of the molecule is O=CCc1cnc(Cl)cc1C(F)(F)F. The summed E-state index contributed by atoms with van der Waals surface area (Å²) in [6, 6.07) is 0.709. The van der Waals surface area contributed by atoms with E-state index in [2.05, 4.69) is 4.98 Å². The second-order valence-corrected chi connectivity index (χ2v) is 2.92. The fourth-order valence-corrected chi connectivity index (χ4v) is 1.13. The molecule has 1 aromatic rings. The first-order valence-corrected chi connectivity index (χ1v) is 3.98. The van der Waals surface area contributed by atoms with Crippen molar-refractivity contribution in [2.75, 3.05) is 0 Å². The number of carbonyl (C=O) groups excluding carboxylic acids is 1. The van der Waals surface area contributed by atoms with E-state index in [9.17, 15) is 18.0 Å². The molecular weight excluding hydrogens is 219 g/mol. The normalized spacial score (nSPS) is 11.4. The first-order valence-electron chi connectivity index (χ1n) is 3.60. The molecule has 0 atom stereocenters. The minimum atomic E-state index is -4.51. The predicted octanol–water partition coefficient (Wildman–Crippen LogP) is 2.50. The Kier molecular flexibility index (Phi) is 3.10. The number of nitrogens with zero attached hydrogens (tertiary/aromatic N) is 1. The van der Waals surface area contributed by atoms with Gasteiger partial charge in [0.05, 0.1) is 5.56 Å². The van der Waals surface area contributed by atoms with Crippen molar-refractivity contribution in [1.82, 2.24) is 4.98 Å². The zero-order chi connectivity index (χ0) is 10.8. The maximum Gasteiger partial charge on any atom is 0.416 e. The lowest BCUT2D eigenvalue weighted by atomic mass is 10.1. The number of pyridine rings is 1. The van der Waals surface area contributed by atoms with Gasteiger partial charge in [-0.25, -0.2) is 4.98 Å². The highest BCUT2D eigenvalue weighted by Crippen LogP contribution is 2.32. The molecule has 1 heterocycles. The quantitative estimate of drug-likeness (QED) is 0.570. The molecule has 0 N–H and O–H groups in total. The Morgan fingerprint density at radius 2 is 2.14 bits per heavy atom. The third kappa shape index (κ3) is 2.45. The molecular formula is C8H5ClF3NO. The number of rotatable bonds is 2. The lowest BCUT2D eigenvalue weighted by molar-refractivity contribution is -0.138. The molecule has 0 bridgehead atoms. The number of alkyl halides is 3. The number of aldehydes is 1. The molecule has 0 fully saturated rings. The lowest BCUT2D eigenvalue weighted by Crippen LogP contribution is -2.10. The Morgan fingerprint density at radius 1 is 1.50 bits per heavy atom. The molecule has 0 saturated heterocycles. The largest absolute Gasteiger partial charge is 0.416 e. The first-order chi connectivity index (χ1) is 6.45. The summed E-state index contributed by atoms with van der Waals surface area (Å²) in [6.45, 7) is 0. The molecule has 1 aromatic heterocycles. The second kappa shape index (κ2) is 3.96. The zero-order valence-corrected chi connectivity index (χ0v) is 7.56.